The highest BCUT2D eigenvalue weighted by Crippen LogP contribution is 2.22. The molecule has 14 heavy (non-hydrogen) atoms. The van der Waals surface area contributed by atoms with Gasteiger partial charge in [0.2, 0.25) is 0 Å². The Hall–Kier alpha value is -0.830. The summed E-state index contributed by atoms with van der Waals surface area (Å²) in [5.74, 6) is -0.0224. The zero-order chi connectivity index (χ0) is 10.7. The summed E-state index contributed by atoms with van der Waals surface area (Å²) in [7, 11) is 0. The molecule has 0 fully saturated rings. The number of aryl methyl sites for hydroxylation is 1. The smallest absolute Gasteiger partial charge is 0.179 e. The lowest BCUT2D eigenvalue weighted by molar-refractivity contribution is 0.0993. The van der Waals surface area contributed by atoms with Crippen LogP contribution in [0.3, 0.4) is 0 Å². The van der Waals surface area contributed by atoms with E-state index < -0.39 is 0 Å². The van der Waals surface area contributed by atoms with Crippen LogP contribution in [0.15, 0.2) is 18.2 Å². The van der Waals surface area contributed by atoms with Crippen LogP contribution in [0.25, 0.3) is 0 Å². The van der Waals surface area contributed by atoms with Crippen molar-refractivity contribution in [2.45, 2.75) is 25.1 Å². The molecule has 1 rings (SSSR count). The van der Waals surface area contributed by atoms with Crippen LogP contribution in [0, 0.1) is 0 Å². The summed E-state index contributed by atoms with van der Waals surface area (Å²) in [6.45, 7) is 3.75. The van der Waals surface area contributed by atoms with Crippen molar-refractivity contribution < 1.29 is 9.90 Å². The molecule has 0 aliphatic heterocycles. The van der Waals surface area contributed by atoms with Gasteiger partial charge in [0, 0.05) is 0 Å². The molecule has 76 valence electrons. The number of Topliss-reactive ketones (excluding diaryl/α,β-unsaturated/α-hetero) is 1. The summed E-state index contributed by atoms with van der Waals surface area (Å²) in [6.07, 6.45) is 0.853. The fourth-order valence-corrected chi connectivity index (χ4v) is 1.47. The van der Waals surface area contributed by atoms with E-state index in [1.807, 2.05) is 13.0 Å². The van der Waals surface area contributed by atoms with E-state index in [4.69, 9.17) is 0 Å². The van der Waals surface area contributed by atoms with Gasteiger partial charge in [-0.25, -0.2) is 0 Å². The molecule has 1 aromatic rings. The van der Waals surface area contributed by atoms with Crippen LogP contribution in [-0.2, 0) is 6.42 Å². The van der Waals surface area contributed by atoms with Crippen molar-refractivity contribution in [1.29, 1.82) is 0 Å². The van der Waals surface area contributed by atoms with E-state index in [2.05, 4.69) is 15.9 Å². The molecule has 1 N–H and O–H groups in total. The summed E-state index contributed by atoms with van der Waals surface area (Å²) in [6, 6.07) is 5.18. The number of phenolic OH excluding ortho intramolecular Hbond substituents is 1. The van der Waals surface area contributed by atoms with Crippen LogP contribution in [0.5, 0.6) is 5.75 Å². The number of halogens is 1. The molecule has 1 aromatic carbocycles. The van der Waals surface area contributed by atoms with E-state index in [9.17, 15) is 9.90 Å². The topological polar surface area (TPSA) is 37.3 Å². The molecular weight excluding hydrogens is 244 g/mol. The fourth-order valence-electron chi connectivity index (χ4n) is 1.22. The first-order valence-corrected chi connectivity index (χ1v) is 5.48. The third-order valence-corrected chi connectivity index (χ3v) is 2.51. The number of ketones is 1. The second kappa shape index (κ2) is 4.60. The molecule has 2 nitrogen and oxygen atoms in total. The van der Waals surface area contributed by atoms with Crippen LogP contribution in [0.1, 0.15) is 29.8 Å². The molecule has 0 amide bonds. The van der Waals surface area contributed by atoms with E-state index in [0.717, 1.165) is 12.0 Å². The van der Waals surface area contributed by atoms with Crippen LogP contribution >= 0.6 is 15.9 Å². The summed E-state index contributed by atoms with van der Waals surface area (Å²) >= 11 is 3.19. The number of aromatic hydroxyl groups is 1. The molecule has 0 bridgehead atoms. The van der Waals surface area contributed by atoms with Gasteiger partial charge in [0.25, 0.3) is 0 Å². The lowest BCUT2D eigenvalue weighted by atomic mass is 10.0. The maximum atomic E-state index is 11.6. The second-order valence-electron chi connectivity index (χ2n) is 3.19. The van der Waals surface area contributed by atoms with Crippen molar-refractivity contribution >= 4 is 21.7 Å². The summed E-state index contributed by atoms with van der Waals surface area (Å²) in [5.41, 5.74) is 1.41. The number of hydrogen-bond acceptors (Lipinski definition) is 2. The minimum atomic E-state index is -0.263. The number of alkyl halides is 1. The predicted molar refractivity (Wildman–Crippen MR) is 60.2 cm³/mol. The van der Waals surface area contributed by atoms with E-state index in [1.54, 1.807) is 19.1 Å². The second-order valence-corrected chi connectivity index (χ2v) is 4.56. The first-order valence-electron chi connectivity index (χ1n) is 4.56. The highest BCUT2D eigenvalue weighted by atomic mass is 79.9. The summed E-state index contributed by atoms with van der Waals surface area (Å²) < 4.78 is 0. The molecule has 0 aliphatic carbocycles. The highest BCUT2D eigenvalue weighted by Gasteiger charge is 2.15. The van der Waals surface area contributed by atoms with Gasteiger partial charge in [-0.1, -0.05) is 28.9 Å². The van der Waals surface area contributed by atoms with Crippen molar-refractivity contribution in [1.82, 2.24) is 0 Å². The van der Waals surface area contributed by atoms with Crippen molar-refractivity contribution in [3.63, 3.8) is 0 Å². The third-order valence-electron chi connectivity index (χ3n) is 2.10. The number of carbonyl (C=O) groups excluding carboxylic acids is 1. The van der Waals surface area contributed by atoms with Gasteiger partial charge in [-0.3, -0.25) is 4.79 Å². The molecule has 3 heteroatoms. The molecule has 1 unspecified atom stereocenters. The average Bonchev–Trinajstić information content (AvgIpc) is 2.16. The van der Waals surface area contributed by atoms with Gasteiger partial charge in [-0.05, 0) is 31.0 Å². The van der Waals surface area contributed by atoms with Crippen LogP contribution in [0.4, 0.5) is 0 Å². The van der Waals surface area contributed by atoms with Crippen molar-refractivity contribution in [2.24, 2.45) is 0 Å². The van der Waals surface area contributed by atoms with E-state index >= 15 is 0 Å². The lowest BCUT2D eigenvalue weighted by Gasteiger charge is -2.06. The molecule has 0 aromatic heterocycles. The van der Waals surface area contributed by atoms with Crippen LogP contribution in [0.2, 0.25) is 0 Å². The van der Waals surface area contributed by atoms with Crippen molar-refractivity contribution in [2.75, 3.05) is 0 Å². The minimum Gasteiger partial charge on any atom is -0.507 e. The van der Waals surface area contributed by atoms with Gasteiger partial charge >= 0.3 is 0 Å². The monoisotopic (exact) mass is 256 g/mol. The molecule has 0 aliphatic rings. The standard InChI is InChI=1S/C11H13BrO2/c1-3-8-4-5-9(10(13)6-8)11(14)7(2)12/h4-7,13H,3H2,1-2H3. The minimum absolute atomic E-state index is 0.0700. The van der Waals surface area contributed by atoms with Gasteiger partial charge in [-0.2, -0.15) is 0 Å². The Balaban J connectivity index is 3.06. The Kier molecular flexibility index (Phi) is 3.69. The Morgan fingerprint density at radius 3 is 2.64 bits per heavy atom. The third kappa shape index (κ3) is 2.35. The van der Waals surface area contributed by atoms with Gasteiger partial charge in [0.05, 0.1) is 10.4 Å². The van der Waals surface area contributed by atoms with Gasteiger partial charge < -0.3 is 5.11 Å². The number of carbonyl (C=O) groups is 1. The lowest BCUT2D eigenvalue weighted by Crippen LogP contribution is -2.10. The van der Waals surface area contributed by atoms with Gasteiger partial charge in [0.1, 0.15) is 5.75 Å². The number of rotatable bonds is 3. The van der Waals surface area contributed by atoms with Crippen molar-refractivity contribution in [3.05, 3.63) is 29.3 Å². The number of hydrogen-bond donors (Lipinski definition) is 1. The molecule has 0 saturated heterocycles. The predicted octanol–water partition coefficient (Wildman–Crippen LogP) is 2.92. The quantitative estimate of drug-likeness (QED) is 0.667. The largest absolute Gasteiger partial charge is 0.507 e. The fraction of sp³-hybridized carbons (Fsp3) is 0.364. The Morgan fingerprint density at radius 2 is 2.21 bits per heavy atom. The molecule has 0 heterocycles. The highest BCUT2D eigenvalue weighted by molar-refractivity contribution is 9.10. The number of benzene rings is 1. The molecule has 1 atom stereocenters. The van der Waals surface area contributed by atoms with Crippen molar-refractivity contribution in [3.8, 4) is 5.75 Å². The Labute approximate surface area is 92.1 Å². The van der Waals surface area contributed by atoms with Gasteiger partial charge in [-0.15, -0.1) is 0 Å². The first kappa shape index (κ1) is 11.2. The van der Waals surface area contributed by atoms with Crippen LogP contribution in [-0.4, -0.2) is 15.7 Å². The normalized spacial score (nSPS) is 12.5. The zero-order valence-corrected chi connectivity index (χ0v) is 9.84. The molecular formula is C11H13BrO2. The van der Waals surface area contributed by atoms with E-state index in [1.165, 1.54) is 0 Å². The summed E-state index contributed by atoms with van der Waals surface area (Å²) in [5, 5.41) is 9.60. The number of phenols is 1. The Morgan fingerprint density at radius 1 is 1.57 bits per heavy atom. The molecule has 0 radical (unpaired) electrons. The first-order chi connectivity index (χ1) is 6.56. The SMILES string of the molecule is CCc1ccc(C(=O)C(C)Br)c(O)c1. The maximum Gasteiger partial charge on any atom is 0.179 e. The Bertz CT molecular complexity index is 345. The van der Waals surface area contributed by atoms with Crippen LogP contribution < -0.4 is 0 Å². The average molecular weight is 257 g/mol. The molecule has 0 saturated carbocycles. The van der Waals surface area contributed by atoms with E-state index in [0.29, 0.717) is 5.56 Å². The molecule has 0 spiro atoms. The van der Waals surface area contributed by atoms with E-state index in [-0.39, 0.29) is 16.4 Å². The summed E-state index contributed by atoms with van der Waals surface area (Å²) in [4.78, 5) is 11.3. The maximum absolute atomic E-state index is 11.6. The zero-order valence-electron chi connectivity index (χ0n) is 8.25. The van der Waals surface area contributed by atoms with Gasteiger partial charge in [0.15, 0.2) is 5.78 Å².